The van der Waals surface area contributed by atoms with E-state index in [0.29, 0.717) is 25.5 Å². The van der Waals surface area contributed by atoms with Crippen LogP contribution in [0.1, 0.15) is 25.7 Å². The Labute approximate surface area is 112 Å². The number of amides is 1. The van der Waals surface area contributed by atoms with Gasteiger partial charge in [-0.25, -0.2) is 4.79 Å². The minimum Gasteiger partial charge on any atom is -0.480 e. The first-order valence-electron chi connectivity index (χ1n) is 6.84. The van der Waals surface area contributed by atoms with Crippen molar-refractivity contribution >= 4 is 11.9 Å². The first kappa shape index (κ1) is 14.3. The molecule has 2 rings (SSSR count). The summed E-state index contributed by atoms with van der Waals surface area (Å²) in [5.41, 5.74) is 5.83. The molecular weight excluding hydrogens is 248 g/mol. The van der Waals surface area contributed by atoms with E-state index in [4.69, 9.17) is 10.5 Å². The molecule has 1 aliphatic carbocycles. The standard InChI is InChI=1S/C13H22N2O4/c1-19-6-5-10(14)12(16)15-7-8-3-2-4-9(8)11(15)13(17)18/h8-11H,2-7,14H2,1H3,(H,17,18). The molecule has 108 valence electrons. The van der Waals surface area contributed by atoms with Crippen LogP contribution in [-0.4, -0.2) is 54.2 Å². The maximum Gasteiger partial charge on any atom is 0.326 e. The van der Waals surface area contributed by atoms with E-state index >= 15 is 0 Å². The Kier molecular flexibility index (Phi) is 4.42. The largest absolute Gasteiger partial charge is 0.480 e. The number of hydrogen-bond donors (Lipinski definition) is 2. The van der Waals surface area contributed by atoms with Crippen molar-refractivity contribution in [1.82, 2.24) is 4.90 Å². The number of methoxy groups -OCH3 is 1. The SMILES string of the molecule is COCCC(N)C(=O)N1CC2CCCC2C1C(=O)O. The number of aliphatic carboxylic acids is 1. The highest BCUT2D eigenvalue weighted by molar-refractivity contribution is 5.87. The van der Waals surface area contributed by atoms with Gasteiger partial charge in [-0.05, 0) is 31.1 Å². The lowest BCUT2D eigenvalue weighted by Crippen LogP contribution is -2.50. The summed E-state index contributed by atoms with van der Waals surface area (Å²) in [6.07, 6.45) is 3.41. The van der Waals surface area contributed by atoms with Crippen LogP contribution in [0.2, 0.25) is 0 Å². The first-order valence-corrected chi connectivity index (χ1v) is 6.84. The highest BCUT2D eigenvalue weighted by Crippen LogP contribution is 2.42. The Balaban J connectivity index is 2.06. The third-order valence-electron chi connectivity index (χ3n) is 4.38. The van der Waals surface area contributed by atoms with Crippen molar-refractivity contribution < 1.29 is 19.4 Å². The number of hydrogen-bond acceptors (Lipinski definition) is 4. The lowest BCUT2D eigenvalue weighted by molar-refractivity contribution is -0.150. The molecule has 0 spiro atoms. The van der Waals surface area contributed by atoms with Gasteiger partial charge in [-0.15, -0.1) is 0 Å². The van der Waals surface area contributed by atoms with Crippen molar-refractivity contribution in [2.75, 3.05) is 20.3 Å². The molecule has 1 heterocycles. The molecule has 2 fully saturated rings. The van der Waals surface area contributed by atoms with Crippen molar-refractivity contribution in [3.05, 3.63) is 0 Å². The lowest BCUT2D eigenvalue weighted by atomic mass is 9.94. The van der Waals surface area contributed by atoms with Crippen molar-refractivity contribution in [3.8, 4) is 0 Å². The zero-order valence-corrected chi connectivity index (χ0v) is 11.2. The topological polar surface area (TPSA) is 92.9 Å². The zero-order chi connectivity index (χ0) is 14.0. The summed E-state index contributed by atoms with van der Waals surface area (Å²) in [5.74, 6) is -0.712. The Morgan fingerprint density at radius 1 is 1.47 bits per heavy atom. The van der Waals surface area contributed by atoms with E-state index in [9.17, 15) is 14.7 Å². The number of likely N-dealkylation sites (tertiary alicyclic amines) is 1. The normalized spacial score (nSPS) is 31.3. The average Bonchev–Trinajstić information content (AvgIpc) is 2.93. The van der Waals surface area contributed by atoms with Crippen molar-refractivity contribution in [1.29, 1.82) is 0 Å². The van der Waals surface area contributed by atoms with Gasteiger partial charge in [0.25, 0.3) is 0 Å². The van der Waals surface area contributed by atoms with Gasteiger partial charge in [0.15, 0.2) is 0 Å². The molecule has 0 aromatic heterocycles. The first-order chi connectivity index (χ1) is 9.06. The lowest BCUT2D eigenvalue weighted by Gasteiger charge is -2.27. The van der Waals surface area contributed by atoms with Crippen LogP contribution in [0.3, 0.4) is 0 Å². The second-order valence-corrected chi connectivity index (χ2v) is 5.52. The number of ether oxygens (including phenoxy) is 1. The molecule has 6 nitrogen and oxygen atoms in total. The second-order valence-electron chi connectivity index (χ2n) is 5.52. The number of fused-ring (bicyclic) bond motifs is 1. The van der Waals surface area contributed by atoms with Gasteiger partial charge in [0.05, 0.1) is 6.04 Å². The fourth-order valence-electron chi connectivity index (χ4n) is 3.43. The van der Waals surface area contributed by atoms with Gasteiger partial charge in [-0.2, -0.15) is 0 Å². The molecule has 1 saturated heterocycles. The molecule has 3 N–H and O–H groups in total. The molecule has 4 atom stereocenters. The molecule has 4 unspecified atom stereocenters. The van der Waals surface area contributed by atoms with Crippen LogP contribution < -0.4 is 5.73 Å². The molecule has 0 radical (unpaired) electrons. The molecule has 1 saturated carbocycles. The Hall–Kier alpha value is -1.14. The van der Waals surface area contributed by atoms with E-state index in [-0.39, 0.29) is 11.8 Å². The summed E-state index contributed by atoms with van der Waals surface area (Å²) in [7, 11) is 1.55. The molecule has 0 bridgehead atoms. The van der Waals surface area contributed by atoms with E-state index in [1.165, 1.54) is 4.90 Å². The van der Waals surface area contributed by atoms with Gasteiger partial charge in [0.1, 0.15) is 6.04 Å². The second kappa shape index (κ2) is 5.88. The van der Waals surface area contributed by atoms with E-state index in [2.05, 4.69) is 0 Å². The van der Waals surface area contributed by atoms with Gasteiger partial charge < -0.3 is 20.5 Å². The van der Waals surface area contributed by atoms with Crippen molar-refractivity contribution in [2.45, 2.75) is 37.8 Å². The van der Waals surface area contributed by atoms with Gasteiger partial charge in [-0.1, -0.05) is 6.42 Å². The van der Waals surface area contributed by atoms with E-state index < -0.39 is 18.1 Å². The quantitative estimate of drug-likeness (QED) is 0.737. The minimum absolute atomic E-state index is 0.107. The van der Waals surface area contributed by atoms with Crippen LogP contribution in [0.15, 0.2) is 0 Å². The molecule has 0 aromatic rings. The molecule has 1 aliphatic heterocycles. The fourth-order valence-corrected chi connectivity index (χ4v) is 3.43. The zero-order valence-electron chi connectivity index (χ0n) is 11.2. The predicted molar refractivity (Wildman–Crippen MR) is 68.4 cm³/mol. The molecular formula is C13H22N2O4. The third kappa shape index (κ3) is 2.74. The summed E-state index contributed by atoms with van der Waals surface area (Å²) in [6, 6.07) is -1.35. The Morgan fingerprint density at radius 2 is 2.21 bits per heavy atom. The van der Waals surface area contributed by atoms with Crippen LogP contribution in [-0.2, 0) is 14.3 Å². The number of carboxylic acid groups (broad SMARTS) is 1. The van der Waals surface area contributed by atoms with Crippen LogP contribution in [0.4, 0.5) is 0 Å². The molecule has 2 aliphatic rings. The number of rotatable bonds is 5. The van der Waals surface area contributed by atoms with Crippen LogP contribution >= 0.6 is 0 Å². The van der Waals surface area contributed by atoms with Gasteiger partial charge in [0.2, 0.25) is 5.91 Å². The van der Waals surface area contributed by atoms with Gasteiger partial charge in [-0.3, -0.25) is 4.79 Å². The van der Waals surface area contributed by atoms with Gasteiger partial charge >= 0.3 is 5.97 Å². The summed E-state index contributed by atoms with van der Waals surface area (Å²) in [6.45, 7) is 0.951. The predicted octanol–water partition coefficient (Wildman–Crippen LogP) is 0.0619. The number of carbonyl (C=O) groups excluding carboxylic acids is 1. The Bertz CT molecular complexity index is 361. The molecule has 1 amide bonds. The molecule has 0 aromatic carbocycles. The highest BCUT2D eigenvalue weighted by Gasteiger charge is 2.50. The maximum absolute atomic E-state index is 12.3. The number of nitrogens with zero attached hydrogens (tertiary/aromatic N) is 1. The highest BCUT2D eigenvalue weighted by atomic mass is 16.5. The maximum atomic E-state index is 12.3. The van der Waals surface area contributed by atoms with E-state index in [0.717, 1.165) is 19.3 Å². The summed E-state index contributed by atoms with van der Waals surface area (Å²) in [4.78, 5) is 25.2. The van der Waals surface area contributed by atoms with Crippen LogP contribution in [0.25, 0.3) is 0 Å². The summed E-state index contributed by atoms with van der Waals surface area (Å²) < 4.78 is 4.91. The summed E-state index contributed by atoms with van der Waals surface area (Å²) in [5, 5.41) is 9.38. The van der Waals surface area contributed by atoms with Gasteiger partial charge in [0, 0.05) is 20.3 Å². The van der Waals surface area contributed by atoms with E-state index in [1.54, 1.807) is 7.11 Å². The van der Waals surface area contributed by atoms with Crippen LogP contribution in [0, 0.1) is 11.8 Å². The number of carboxylic acids is 1. The Morgan fingerprint density at radius 3 is 2.84 bits per heavy atom. The fraction of sp³-hybridized carbons (Fsp3) is 0.846. The van der Waals surface area contributed by atoms with Crippen molar-refractivity contribution in [3.63, 3.8) is 0 Å². The monoisotopic (exact) mass is 270 g/mol. The number of carbonyl (C=O) groups is 2. The van der Waals surface area contributed by atoms with E-state index in [1.807, 2.05) is 0 Å². The molecule has 19 heavy (non-hydrogen) atoms. The molecule has 6 heteroatoms. The van der Waals surface area contributed by atoms with Crippen LogP contribution in [0.5, 0.6) is 0 Å². The van der Waals surface area contributed by atoms with Crippen molar-refractivity contribution in [2.24, 2.45) is 17.6 Å². The summed E-state index contributed by atoms with van der Waals surface area (Å²) >= 11 is 0. The third-order valence-corrected chi connectivity index (χ3v) is 4.38. The minimum atomic E-state index is -0.901. The number of nitrogens with two attached hydrogens (primary N) is 1. The average molecular weight is 270 g/mol. The smallest absolute Gasteiger partial charge is 0.326 e.